The summed E-state index contributed by atoms with van der Waals surface area (Å²) >= 11 is 0. The van der Waals surface area contributed by atoms with Gasteiger partial charge in [-0.3, -0.25) is 0 Å². The molecule has 1 aromatic heterocycles. The second-order valence-corrected chi connectivity index (χ2v) is 8.78. The fraction of sp³-hybridized carbons (Fsp3) is 0.615. The van der Waals surface area contributed by atoms with Crippen molar-refractivity contribution in [3.8, 4) is 11.4 Å². The molecule has 3 rings (SSSR count). The van der Waals surface area contributed by atoms with Gasteiger partial charge >= 0.3 is 0 Å². The SMILES string of the molecule is CCCCc1cnc(-c2ccc(CCC3CCC(CCCC)CC3)cc2)nc1. The topological polar surface area (TPSA) is 25.8 Å². The van der Waals surface area contributed by atoms with E-state index in [1.807, 2.05) is 12.4 Å². The van der Waals surface area contributed by atoms with E-state index in [1.165, 1.54) is 81.8 Å². The van der Waals surface area contributed by atoms with Crippen molar-refractivity contribution in [1.29, 1.82) is 0 Å². The van der Waals surface area contributed by atoms with Gasteiger partial charge in [-0.05, 0) is 48.6 Å². The molecule has 0 unspecified atom stereocenters. The first-order chi connectivity index (χ1) is 13.8. The van der Waals surface area contributed by atoms with Gasteiger partial charge in [0.2, 0.25) is 0 Å². The summed E-state index contributed by atoms with van der Waals surface area (Å²) in [6, 6.07) is 8.93. The van der Waals surface area contributed by atoms with Crippen LogP contribution in [-0.4, -0.2) is 9.97 Å². The van der Waals surface area contributed by atoms with Crippen molar-refractivity contribution < 1.29 is 0 Å². The number of unbranched alkanes of at least 4 members (excludes halogenated alkanes) is 2. The molecule has 1 aliphatic carbocycles. The highest BCUT2D eigenvalue weighted by atomic mass is 14.9. The van der Waals surface area contributed by atoms with Crippen LogP contribution in [0.15, 0.2) is 36.7 Å². The lowest BCUT2D eigenvalue weighted by atomic mass is 9.78. The van der Waals surface area contributed by atoms with Gasteiger partial charge in [0, 0.05) is 18.0 Å². The Morgan fingerprint density at radius 2 is 1.32 bits per heavy atom. The molecule has 0 aliphatic heterocycles. The van der Waals surface area contributed by atoms with Crippen LogP contribution in [0, 0.1) is 11.8 Å². The number of aryl methyl sites for hydroxylation is 2. The van der Waals surface area contributed by atoms with Crippen molar-refractivity contribution >= 4 is 0 Å². The van der Waals surface area contributed by atoms with Crippen molar-refractivity contribution in [2.24, 2.45) is 11.8 Å². The Labute approximate surface area is 172 Å². The van der Waals surface area contributed by atoms with Crippen LogP contribution >= 0.6 is 0 Å². The molecule has 2 nitrogen and oxygen atoms in total. The van der Waals surface area contributed by atoms with Gasteiger partial charge in [0.1, 0.15) is 0 Å². The average molecular weight is 379 g/mol. The Hall–Kier alpha value is -1.70. The molecular formula is C26H38N2. The van der Waals surface area contributed by atoms with E-state index >= 15 is 0 Å². The predicted octanol–water partition coefficient (Wildman–Crippen LogP) is 7.42. The first kappa shape index (κ1) is 21.0. The van der Waals surface area contributed by atoms with E-state index < -0.39 is 0 Å². The Balaban J connectivity index is 1.44. The molecule has 0 saturated heterocycles. The summed E-state index contributed by atoms with van der Waals surface area (Å²) in [6.07, 6.45) is 20.1. The Morgan fingerprint density at radius 3 is 1.93 bits per heavy atom. The summed E-state index contributed by atoms with van der Waals surface area (Å²) in [5.74, 6) is 2.80. The van der Waals surface area contributed by atoms with Gasteiger partial charge < -0.3 is 0 Å². The maximum atomic E-state index is 4.57. The van der Waals surface area contributed by atoms with Crippen molar-refractivity contribution in [2.45, 2.75) is 90.9 Å². The van der Waals surface area contributed by atoms with E-state index in [4.69, 9.17) is 0 Å². The zero-order valence-corrected chi connectivity index (χ0v) is 18.0. The second kappa shape index (κ2) is 11.3. The molecule has 0 N–H and O–H groups in total. The minimum Gasteiger partial charge on any atom is -0.236 e. The van der Waals surface area contributed by atoms with Gasteiger partial charge in [-0.2, -0.15) is 0 Å². The highest BCUT2D eigenvalue weighted by Crippen LogP contribution is 2.34. The molecule has 1 saturated carbocycles. The van der Waals surface area contributed by atoms with E-state index in [0.717, 1.165) is 29.6 Å². The van der Waals surface area contributed by atoms with Crippen LogP contribution in [0.2, 0.25) is 0 Å². The lowest BCUT2D eigenvalue weighted by Gasteiger charge is -2.28. The standard InChI is InChI=1S/C26H38N2/c1-3-5-7-21-9-11-22(12-10-21)13-14-23-15-17-25(18-16-23)26-27-19-24(20-28-26)8-6-4-2/h15-22H,3-14H2,1-2H3. The van der Waals surface area contributed by atoms with E-state index in [-0.39, 0.29) is 0 Å². The van der Waals surface area contributed by atoms with Gasteiger partial charge in [0.05, 0.1) is 0 Å². The first-order valence-corrected chi connectivity index (χ1v) is 11.7. The van der Waals surface area contributed by atoms with E-state index in [1.54, 1.807) is 0 Å². The number of rotatable bonds is 10. The third-order valence-electron chi connectivity index (χ3n) is 6.51. The lowest BCUT2D eigenvalue weighted by molar-refractivity contribution is 0.250. The predicted molar refractivity (Wildman–Crippen MR) is 119 cm³/mol. The van der Waals surface area contributed by atoms with E-state index in [0.29, 0.717) is 0 Å². The van der Waals surface area contributed by atoms with Crippen molar-refractivity contribution in [2.75, 3.05) is 0 Å². The molecule has 2 heteroatoms. The molecule has 0 radical (unpaired) electrons. The number of hydrogen-bond acceptors (Lipinski definition) is 2. The van der Waals surface area contributed by atoms with Crippen molar-refractivity contribution in [3.63, 3.8) is 0 Å². The van der Waals surface area contributed by atoms with Crippen LogP contribution in [0.5, 0.6) is 0 Å². The van der Waals surface area contributed by atoms with Crippen LogP contribution in [0.4, 0.5) is 0 Å². The molecule has 1 aromatic carbocycles. The number of hydrogen-bond donors (Lipinski definition) is 0. The maximum absolute atomic E-state index is 4.57. The summed E-state index contributed by atoms with van der Waals surface area (Å²) in [5, 5.41) is 0. The van der Waals surface area contributed by atoms with Crippen LogP contribution in [0.25, 0.3) is 11.4 Å². The molecular weight excluding hydrogens is 340 g/mol. The van der Waals surface area contributed by atoms with Gasteiger partial charge in [-0.15, -0.1) is 0 Å². The number of aromatic nitrogens is 2. The zero-order valence-electron chi connectivity index (χ0n) is 18.0. The van der Waals surface area contributed by atoms with Crippen LogP contribution in [0.1, 0.15) is 89.2 Å². The number of benzene rings is 1. The highest BCUT2D eigenvalue weighted by Gasteiger charge is 2.20. The molecule has 0 amide bonds. The van der Waals surface area contributed by atoms with Crippen LogP contribution < -0.4 is 0 Å². The fourth-order valence-corrected chi connectivity index (χ4v) is 4.51. The monoisotopic (exact) mass is 378 g/mol. The van der Waals surface area contributed by atoms with Crippen molar-refractivity contribution in [3.05, 3.63) is 47.8 Å². The quantitative estimate of drug-likeness (QED) is 0.430. The van der Waals surface area contributed by atoms with Crippen molar-refractivity contribution in [1.82, 2.24) is 9.97 Å². The molecule has 1 heterocycles. The minimum atomic E-state index is 0.845. The third kappa shape index (κ3) is 6.43. The summed E-state index contributed by atoms with van der Waals surface area (Å²) in [7, 11) is 0. The minimum absolute atomic E-state index is 0.845. The van der Waals surface area contributed by atoms with Gasteiger partial charge in [0.25, 0.3) is 0 Å². The highest BCUT2D eigenvalue weighted by molar-refractivity contribution is 5.55. The van der Waals surface area contributed by atoms with E-state index in [9.17, 15) is 0 Å². The maximum Gasteiger partial charge on any atom is 0.159 e. The van der Waals surface area contributed by atoms with Gasteiger partial charge in [-0.1, -0.05) is 89.5 Å². The Kier molecular flexibility index (Phi) is 8.51. The second-order valence-electron chi connectivity index (χ2n) is 8.78. The molecule has 0 atom stereocenters. The molecule has 0 spiro atoms. The molecule has 2 aromatic rings. The smallest absolute Gasteiger partial charge is 0.159 e. The molecule has 1 aliphatic rings. The summed E-state index contributed by atoms with van der Waals surface area (Å²) in [5.41, 5.74) is 3.82. The first-order valence-electron chi connectivity index (χ1n) is 11.7. The molecule has 28 heavy (non-hydrogen) atoms. The third-order valence-corrected chi connectivity index (χ3v) is 6.51. The molecule has 1 fully saturated rings. The average Bonchev–Trinajstić information content (AvgIpc) is 2.76. The Morgan fingerprint density at radius 1 is 0.714 bits per heavy atom. The fourth-order valence-electron chi connectivity index (χ4n) is 4.51. The summed E-state index contributed by atoms with van der Waals surface area (Å²) < 4.78 is 0. The Bertz CT molecular complexity index is 667. The van der Waals surface area contributed by atoms with E-state index in [2.05, 4.69) is 48.1 Å². The molecule has 0 bridgehead atoms. The summed E-state index contributed by atoms with van der Waals surface area (Å²) in [4.78, 5) is 9.14. The van der Waals surface area contributed by atoms with Crippen LogP contribution in [0.3, 0.4) is 0 Å². The van der Waals surface area contributed by atoms with Crippen LogP contribution in [-0.2, 0) is 12.8 Å². The van der Waals surface area contributed by atoms with Gasteiger partial charge in [0.15, 0.2) is 5.82 Å². The zero-order chi connectivity index (χ0) is 19.6. The number of nitrogens with zero attached hydrogens (tertiary/aromatic N) is 2. The lowest BCUT2D eigenvalue weighted by Crippen LogP contribution is -2.15. The molecule has 152 valence electrons. The largest absolute Gasteiger partial charge is 0.236 e. The normalized spacial score (nSPS) is 19.6. The summed E-state index contributed by atoms with van der Waals surface area (Å²) in [6.45, 7) is 4.53. The van der Waals surface area contributed by atoms with Gasteiger partial charge in [-0.25, -0.2) is 9.97 Å².